The number of nitrogens with one attached hydrogen (secondary N) is 2. The molecular weight excluding hydrogens is 368 g/mol. The summed E-state index contributed by atoms with van der Waals surface area (Å²) in [6, 6.07) is -0.334. The van der Waals surface area contributed by atoms with E-state index in [2.05, 4.69) is 10.6 Å². The molecule has 7 nitrogen and oxygen atoms in total. The minimum atomic E-state index is -0.370. The summed E-state index contributed by atoms with van der Waals surface area (Å²) in [6.45, 7) is 3.17. The molecule has 1 atom stereocenters. The lowest BCUT2D eigenvalue weighted by Gasteiger charge is -2.24. The van der Waals surface area contributed by atoms with E-state index in [1.807, 2.05) is 4.90 Å². The van der Waals surface area contributed by atoms with Crippen LogP contribution in [0.2, 0.25) is 0 Å². The highest BCUT2D eigenvalue weighted by molar-refractivity contribution is 5.83. The second-order valence-electron chi connectivity index (χ2n) is 8.66. The fourth-order valence-electron chi connectivity index (χ4n) is 4.36. The molecule has 0 aromatic carbocycles. The van der Waals surface area contributed by atoms with Gasteiger partial charge >= 0.3 is 0 Å². The van der Waals surface area contributed by atoms with E-state index in [0.717, 1.165) is 51.7 Å². The number of hydrogen-bond donors (Lipinski definition) is 3. The van der Waals surface area contributed by atoms with Gasteiger partial charge in [0.05, 0.1) is 6.04 Å². The summed E-state index contributed by atoms with van der Waals surface area (Å²) in [4.78, 5) is 37.6. The Morgan fingerprint density at radius 3 is 2.34 bits per heavy atom. The SMILES string of the molecule is NC(=O)CC[C@H](NCCCCCC(=O)NCC1CCCCC1)C(=O)N1CCCC1. The number of nitrogens with two attached hydrogens (primary N) is 1. The molecule has 1 aliphatic heterocycles. The molecule has 2 aliphatic rings. The molecule has 29 heavy (non-hydrogen) atoms. The Morgan fingerprint density at radius 2 is 1.66 bits per heavy atom. The van der Waals surface area contributed by atoms with E-state index in [4.69, 9.17) is 5.73 Å². The number of nitrogens with zero attached hydrogens (tertiary/aromatic N) is 1. The van der Waals surface area contributed by atoms with Crippen molar-refractivity contribution in [2.75, 3.05) is 26.2 Å². The molecular formula is C22H40N4O3. The molecule has 7 heteroatoms. The Labute approximate surface area is 175 Å². The molecule has 1 saturated heterocycles. The van der Waals surface area contributed by atoms with Crippen LogP contribution >= 0.6 is 0 Å². The van der Waals surface area contributed by atoms with Crippen molar-refractivity contribution in [3.05, 3.63) is 0 Å². The van der Waals surface area contributed by atoms with Crippen molar-refractivity contribution in [2.24, 2.45) is 11.7 Å². The van der Waals surface area contributed by atoms with Crippen LogP contribution in [0.4, 0.5) is 0 Å². The van der Waals surface area contributed by atoms with Gasteiger partial charge in [-0.05, 0) is 57.4 Å². The van der Waals surface area contributed by atoms with Crippen LogP contribution in [-0.4, -0.2) is 54.8 Å². The Bertz CT molecular complexity index is 514. The molecule has 1 saturated carbocycles. The van der Waals surface area contributed by atoms with Gasteiger partial charge in [0.1, 0.15) is 0 Å². The van der Waals surface area contributed by atoms with Crippen molar-refractivity contribution in [1.82, 2.24) is 15.5 Å². The topological polar surface area (TPSA) is 105 Å². The molecule has 0 aromatic rings. The number of carbonyl (C=O) groups excluding carboxylic acids is 3. The zero-order valence-electron chi connectivity index (χ0n) is 17.9. The smallest absolute Gasteiger partial charge is 0.239 e. The van der Waals surface area contributed by atoms with Crippen LogP contribution in [0.15, 0.2) is 0 Å². The van der Waals surface area contributed by atoms with Gasteiger partial charge in [0.2, 0.25) is 17.7 Å². The predicted molar refractivity (Wildman–Crippen MR) is 114 cm³/mol. The second-order valence-corrected chi connectivity index (χ2v) is 8.66. The normalized spacial score (nSPS) is 18.6. The first kappa shape index (κ1) is 23.6. The van der Waals surface area contributed by atoms with Gasteiger partial charge in [0.15, 0.2) is 0 Å². The third-order valence-corrected chi connectivity index (χ3v) is 6.18. The van der Waals surface area contributed by atoms with Crippen LogP contribution in [0.25, 0.3) is 0 Å². The lowest BCUT2D eigenvalue weighted by Crippen LogP contribution is -2.46. The monoisotopic (exact) mass is 408 g/mol. The fourth-order valence-corrected chi connectivity index (χ4v) is 4.36. The zero-order valence-corrected chi connectivity index (χ0v) is 17.9. The molecule has 0 radical (unpaired) electrons. The van der Waals surface area contributed by atoms with Gasteiger partial charge in [-0.3, -0.25) is 14.4 Å². The molecule has 0 bridgehead atoms. The molecule has 1 aliphatic carbocycles. The highest BCUT2D eigenvalue weighted by Gasteiger charge is 2.26. The van der Waals surface area contributed by atoms with Gasteiger partial charge in [-0.2, -0.15) is 0 Å². The number of hydrogen-bond acceptors (Lipinski definition) is 4. The second kappa shape index (κ2) is 13.6. The van der Waals surface area contributed by atoms with Crippen LogP contribution in [0, 0.1) is 5.92 Å². The van der Waals surface area contributed by atoms with Gasteiger partial charge in [0.25, 0.3) is 0 Å². The van der Waals surface area contributed by atoms with E-state index in [9.17, 15) is 14.4 Å². The fraction of sp³-hybridized carbons (Fsp3) is 0.864. The summed E-state index contributed by atoms with van der Waals surface area (Å²) in [7, 11) is 0. The quantitative estimate of drug-likeness (QED) is 0.406. The van der Waals surface area contributed by atoms with Crippen LogP contribution < -0.4 is 16.4 Å². The standard InChI is InChI=1S/C22H40N4O3/c23-20(27)13-12-19(22(29)26-15-7-8-16-26)24-14-6-2-5-11-21(28)25-17-18-9-3-1-4-10-18/h18-19,24H,1-17H2,(H2,23,27)(H,25,28)/t19-/m0/s1. The zero-order chi connectivity index (χ0) is 20.9. The van der Waals surface area contributed by atoms with Crippen molar-refractivity contribution in [3.63, 3.8) is 0 Å². The molecule has 1 heterocycles. The first-order valence-corrected chi connectivity index (χ1v) is 11.6. The molecule has 0 unspecified atom stereocenters. The van der Waals surface area contributed by atoms with Crippen LogP contribution in [0.1, 0.15) is 83.5 Å². The molecule has 3 amide bonds. The van der Waals surface area contributed by atoms with E-state index in [-0.39, 0.29) is 30.2 Å². The van der Waals surface area contributed by atoms with Crippen LogP contribution in [-0.2, 0) is 14.4 Å². The summed E-state index contributed by atoms with van der Waals surface area (Å²) in [6.07, 6.45) is 12.5. The van der Waals surface area contributed by atoms with Crippen LogP contribution in [0.5, 0.6) is 0 Å². The molecule has 0 aromatic heterocycles. The maximum atomic E-state index is 12.6. The van der Waals surface area contributed by atoms with E-state index in [0.29, 0.717) is 25.3 Å². The van der Waals surface area contributed by atoms with Crippen molar-refractivity contribution in [3.8, 4) is 0 Å². The Kier molecular flexibility index (Phi) is 11.1. The van der Waals surface area contributed by atoms with Gasteiger partial charge in [-0.15, -0.1) is 0 Å². The van der Waals surface area contributed by atoms with Gasteiger partial charge < -0.3 is 21.3 Å². The maximum Gasteiger partial charge on any atom is 0.239 e. The summed E-state index contributed by atoms with van der Waals surface area (Å²) in [5.41, 5.74) is 5.26. The first-order chi connectivity index (χ1) is 14.1. The van der Waals surface area contributed by atoms with Crippen molar-refractivity contribution < 1.29 is 14.4 Å². The summed E-state index contributed by atoms with van der Waals surface area (Å²) >= 11 is 0. The summed E-state index contributed by atoms with van der Waals surface area (Å²) in [5, 5.41) is 6.40. The van der Waals surface area contributed by atoms with Gasteiger partial charge in [-0.1, -0.05) is 25.7 Å². The third kappa shape index (κ3) is 9.61. The number of rotatable bonds is 13. The first-order valence-electron chi connectivity index (χ1n) is 11.6. The average molecular weight is 409 g/mol. The van der Waals surface area contributed by atoms with E-state index < -0.39 is 0 Å². The molecule has 4 N–H and O–H groups in total. The van der Waals surface area contributed by atoms with Crippen molar-refractivity contribution in [1.29, 1.82) is 0 Å². The number of primary amides is 1. The van der Waals surface area contributed by atoms with Gasteiger partial charge in [0, 0.05) is 32.5 Å². The van der Waals surface area contributed by atoms with Gasteiger partial charge in [-0.25, -0.2) is 0 Å². The van der Waals surface area contributed by atoms with Crippen molar-refractivity contribution >= 4 is 17.7 Å². The third-order valence-electron chi connectivity index (χ3n) is 6.18. The average Bonchev–Trinajstić information content (AvgIpc) is 3.26. The largest absolute Gasteiger partial charge is 0.370 e. The minimum absolute atomic E-state index is 0.0887. The number of carbonyl (C=O) groups is 3. The van der Waals surface area contributed by atoms with Crippen LogP contribution in [0.3, 0.4) is 0 Å². The number of amides is 3. The Morgan fingerprint density at radius 1 is 0.931 bits per heavy atom. The molecule has 0 spiro atoms. The lowest BCUT2D eigenvalue weighted by molar-refractivity contribution is -0.132. The Balaban J connectivity index is 1.56. The maximum absolute atomic E-state index is 12.6. The Hall–Kier alpha value is -1.63. The number of likely N-dealkylation sites (tertiary alicyclic amines) is 1. The van der Waals surface area contributed by atoms with E-state index in [1.165, 1.54) is 32.1 Å². The minimum Gasteiger partial charge on any atom is -0.370 e. The summed E-state index contributed by atoms with van der Waals surface area (Å²) < 4.78 is 0. The molecule has 2 rings (SSSR count). The summed E-state index contributed by atoms with van der Waals surface area (Å²) in [5.74, 6) is 0.547. The van der Waals surface area contributed by atoms with Crippen molar-refractivity contribution in [2.45, 2.75) is 89.5 Å². The highest BCUT2D eigenvalue weighted by Crippen LogP contribution is 2.22. The van der Waals surface area contributed by atoms with E-state index >= 15 is 0 Å². The molecule has 166 valence electrons. The lowest BCUT2D eigenvalue weighted by atomic mass is 9.89. The van der Waals surface area contributed by atoms with E-state index in [1.54, 1.807) is 0 Å². The molecule has 2 fully saturated rings. The number of unbranched alkanes of at least 4 members (excludes halogenated alkanes) is 2. The highest BCUT2D eigenvalue weighted by atomic mass is 16.2. The predicted octanol–water partition coefficient (Wildman–Crippen LogP) is 2.09.